The molecular formula is C21H37N5O2. The molecule has 0 radical (unpaired) electrons. The lowest BCUT2D eigenvalue weighted by molar-refractivity contribution is 0.107. The summed E-state index contributed by atoms with van der Waals surface area (Å²) in [6.45, 7) is 13.8. The number of nitrogens with one attached hydrogen (secondary N) is 2. The number of rotatable bonds is 9. The molecule has 1 aliphatic heterocycles. The van der Waals surface area contributed by atoms with Gasteiger partial charge in [-0.05, 0) is 32.5 Å². The number of hydrogen-bond donors (Lipinski definition) is 2. The lowest BCUT2D eigenvalue weighted by Gasteiger charge is -2.37. The highest BCUT2D eigenvalue weighted by Crippen LogP contribution is 2.26. The van der Waals surface area contributed by atoms with Crippen molar-refractivity contribution >= 4 is 5.96 Å². The molecule has 0 bridgehead atoms. The molecule has 0 aliphatic carbocycles. The molecule has 2 atom stereocenters. The molecule has 2 rings (SSSR count). The minimum absolute atomic E-state index is 0.0191. The van der Waals surface area contributed by atoms with Crippen molar-refractivity contribution in [2.75, 3.05) is 60.0 Å². The fourth-order valence-electron chi connectivity index (χ4n) is 3.33. The summed E-state index contributed by atoms with van der Waals surface area (Å²) in [5.41, 5.74) is 0. The molecule has 0 aromatic heterocycles. The number of nitrogens with zero attached hydrogens (tertiary/aromatic N) is 3. The quantitative estimate of drug-likeness (QED) is 0.493. The van der Waals surface area contributed by atoms with Crippen LogP contribution in [0, 0.1) is 0 Å². The van der Waals surface area contributed by atoms with E-state index in [0.29, 0.717) is 12.6 Å². The Hall–Kier alpha value is -1.99. The van der Waals surface area contributed by atoms with E-state index in [2.05, 4.69) is 39.3 Å². The highest BCUT2D eigenvalue weighted by Gasteiger charge is 2.20. The first-order chi connectivity index (χ1) is 13.6. The van der Waals surface area contributed by atoms with Crippen LogP contribution < -0.4 is 20.1 Å². The molecule has 28 heavy (non-hydrogen) atoms. The summed E-state index contributed by atoms with van der Waals surface area (Å²) in [6, 6.07) is 8.17. The monoisotopic (exact) mass is 391 g/mol. The SMILES string of the molecule is CCN1CCN(C(C)CNC(=NC)NCC(C)Oc2ccccc2OC)CC1. The summed E-state index contributed by atoms with van der Waals surface area (Å²) in [5, 5.41) is 6.78. The molecule has 0 amide bonds. The Bertz CT molecular complexity index is 602. The van der Waals surface area contributed by atoms with E-state index in [1.54, 1.807) is 14.2 Å². The average Bonchev–Trinajstić information content (AvgIpc) is 2.74. The van der Waals surface area contributed by atoms with Crippen molar-refractivity contribution in [2.24, 2.45) is 4.99 Å². The average molecular weight is 392 g/mol. The van der Waals surface area contributed by atoms with E-state index in [9.17, 15) is 0 Å². The van der Waals surface area contributed by atoms with Crippen molar-refractivity contribution in [1.82, 2.24) is 20.4 Å². The summed E-state index contributed by atoms with van der Waals surface area (Å²) in [6.07, 6.45) is -0.0191. The second kappa shape index (κ2) is 11.8. The predicted molar refractivity (Wildman–Crippen MR) is 116 cm³/mol. The van der Waals surface area contributed by atoms with E-state index in [4.69, 9.17) is 9.47 Å². The third-order valence-electron chi connectivity index (χ3n) is 5.22. The molecule has 2 unspecified atom stereocenters. The van der Waals surface area contributed by atoms with E-state index in [0.717, 1.165) is 56.7 Å². The highest BCUT2D eigenvalue weighted by molar-refractivity contribution is 5.79. The van der Waals surface area contributed by atoms with Gasteiger partial charge in [-0.15, -0.1) is 0 Å². The molecule has 2 N–H and O–H groups in total. The maximum Gasteiger partial charge on any atom is 0.191 e. The van der Waals surface area contributed by atoms with Crippen LogP contribution in [-0.4, -0.2) is 87.9 Å². The largest absolute Gasteiger partial charge is 0.493 e. The van der Waals surface area contributed by atoms with Gasteiger partial charge in [-0.3, -0.25) is 9.89 Å². The summed E-state index contributed by atoms with van der Waals surface area (Å²) in [5.74, 6) is 2.30. The summed E-state index contributed by atoms with van der Waals surface area (Å²) in [7, 11) is 3.45. The van der Waals surface area contributed by atoms with Crippen LogP contribution in [0.5, 0.6) is 11.5 Å². The first-order valence-corrected chi connectivity index (χ1v) is 10.3. The minimum atomic E-state index is -0.0191. The maximum absolute atomic E-state index is 5.99. The van der Waals surface area contributed by atoms with Gasteiger partial charge < -0.3 is 25.0 Å². The van der Waals surface area contributed by atoms with Crippen LogP contribution in [0.25, 0.3) is 0 Å². The van der Waals surface area contributed by atoms with Gasteiger partial charge in [-0.1, -0.05) is 19.1 Å². The third-order valence-corrected chi connectivity index (χ3v) is 5.22. The minimum Gasteiger partial charge on any atom is -0.493 e. The van der Waals surface area contributed by atoms with Crippen LogP contribution >= 0.6 is 0 Å². The van der Waals surface area contributed by atoms with E-state index in [1.807, 2.05) is 31.2 Å². The zero-order valence-electron chi connectivity index (χ0n) is 18.1. The number of hydrogen-bond acceptors (Lipinski definition) is 5. The van der Waals surface area contributed by atoms with Crippen LogP contribution in [0.4, 0.5) is 0 Å². The first kappa shape index (κ1) is 22.3. The first-order valence-electron chi connectivity index (χ1n) is 10.3. The lowest BCUT2D eigenvalue weighted by Crippen LogP contribution is -2.53. The number of likely N-dealkylation sites (N-methyl/N-ethyl adjacent to an activating group) is 1. The topological polar surface area (TPSA) is 61.4 Å². The molecule has 7 nitrogen and oxygen atoms in total. The van der Waals surface area contributed by atoms with Gasteiger partial charge in [0.05, 0.1) is 13.7 Å². The zero-order chi connectivity index (χ0) is 20.4. The van der Waals surface area contributed by atoms with Gasteiger partial charge in [0, 0.05) is 45.8 Å². The number of piperazine rings is 1. The second-order valence-electron chi connectivity index (χ2n) is 7.23. The fourth-order valence-corrected chi connectivity index (χ4v) is 3.33. The van der Waals surface area contributed by atoms with E-state index in [-0.39, 0.29) is 6.10 Å². The number of ether oxygens (including phenoxy) is 2. The predicted octanol–water partition coefficient (Wildman–Crippen LogP) is 1.65. The van der Waals surface area contributed by atoms with Crippen molar-refractivity contribution in [2.45, 2.75) is 32.9 Å². The Morgan fingerprint density at radius 2 is 1.71 bits per heavy atom. The van der Waals surface area contributed by atoms with E-state index >= 15 is 0 Å². The number of benzene rings is 1. The van der Waals surface area contributed by atoms with Gasteiger partial charge in [-0.2, -0.15) is 0 Å². The third kappa shape index (κ3) is 6.87. The van der Waals surface area contributed by atoms with Crippen molar-refractivity contribution in [3.63, 3.8) is 0 Å². The Kier molecular flexibility index (Phi) is 9.37. The van der Waals surface area contributed by atoms with Crippen molar-refractivity contribution < 1.29 is 9.47 Å². The van der Waals surface area contributed by atoms with Gasteiger partial charge >= 0.3 is 0 Å². The smallest absolute Gasteiger partial charge is 0.191 e. The molecule has 1 aromatic carbocycles. The van der Waals surface area contributed by atoms with Crippen LogP contribution in [0.3, 0.4) is 0 Å². The molecule has 1 fully saturated rings. The Balaban J connectivity index is 1.72. The standard InChI is InChI=1S/C21H37N5O2/c1-6-25-11-13-26(14-12-25)17(2)15-23-21(22-4)24-16-18(3)28-20-10-8-7-9-19(20)27-5/h7-10,17-18H,6,11-16H2,1-5H3,(H2,22,23,24). The fraction of sp³-hybridized carbons (Fsp3) is 0.667. The normalized spacial score (nSPS) is 18.4. The van der Waals surface area contributed by atoms with Gasteiger partial charge in [0.1, 0.15) is 6.10 Å². The van der Waals surface area contributed by atoms with Gasteiger partial charge in [-0.25, -0.2) is 0 Å². The zero-order valence-corrected chi connectivity index (χ0v) is 18.1. The summed E-state index contributed by atoms with van der Waals surface area (Å²) < 4.78 is 11.3. The Morgan fingerprint density at radius 3 is 2.32 bits per heavy atom. The molecule has 1 aliphatic rings. The molecule has 7 heteroatoms. The molecule has 1 saturated heterocycles. The van der Waals surface area contributed by atoms with Crippen LogP contribution in [-0.2, 0) is 0 Å². The Morgan fingerprint density at radius 1 is 1.07 bits per heavy atom. The molecule has 1 aromatic rings. The second-order valence-corrected chi connectivity index (χ2v) is 7.23. The number of para-hydroxylation sites is 2. The van der Waals surface area contributed by atoms with E-state index < -0.39 is 0 Å². The van der Waals surface area contributed by atoms with Crippen molar-refractivity contribution in [1.29, 1.82) is 0 Å². The molecule has 1 heterocycles. The van der Waals surface area contributed by atoms with Gasteiger partial charge in [0.15, 0.2) is 17.5 Å². The highest BCUT2D eigenvalue weighted by atomic mass is 16.5. The molecular weight excluding hydrogens is 354 g/mol. The van der Waals surface area contributed by atoms with Crippen LogP contribution in [0.15, 0.2) is 29.3 Å². The molecule has 0 saturated carbocycles. The van der Waals surface area contributed by atoms with Crippen molar-refractivity contribution in [3.8, 4) is 11.5 Å². The van der Waals surface area contributed by atoms with Gasteiger partial charge in [0.25, 0.3) is 0 Å². The van der Waals surface area contributed by atoms with Crippen molar-refractivity contribution in [3.05, 3.63) is 24.3 Å². The summed E-state index contributed by atoms with van der Waals surface area (Å²) >= 11 is 0. The maximum atomic E-state index is 5.99. The van der Waals surface area contributed by atoms with Crippen LogP contribution in [0.1, 0.15) is 20.8 Å². The molecule has 158 valence electrons. The lowest BCUT2D eigenvalue weighted by atomic mass is 10.2. The van der Waals surface area contributed by atoms with Gasteiger partial charge in [0.2, 0.25) is 0 Å². The molecule has 0 spiro atoms. The number of aliphatic imine (C=N–C) groups is 1. The summed E-state index contributed by atoms with van der Waals surface area (Å²) in [4.78, 5) is 9.37. The van der Waals surface area contributed by atoms with Crippen LogP contribution in [0.2, 0.25) is 0 Å². The number of methoxy groups -OCH3 is 1. The Labute approximate surface area is 170 Å². The van der Waals surface area contributed by atoms with E-state index in [1.165, 1.54) is 0 Å². The number of guanidine groups is 1.